The number of ether oxygens (including phenoxy) is 2. The average Bonchev–Trinajstić information content (AvgIpc) is 3.41. The molecule has 460 valence electrons. The second-order valence-electron chi connectivity index (χ2n) is 23.5. The maximum absolute atomic E-state index is 12.8. The molecule has 9 nitrogen and oxygen atoms in total. The van der Waals surface area contributed by atoms with Crippen molar-refractivity contribution in [1.29, 1.82) is 0 Å². The van der Waals surface area contributed by atoms with E-state index >= 15 is 0 Å². The standard InChI is InChI=1S/C69H126NO8P/c1-6-8-10-12-14-16-18-20-22-24-25-26-27-28-29-30-31-32-33-34-35-36-37-38-39-40-41-42-43-44-45-46-48-50-52-54-56-58-60-62-69(72)78-67(66-77-79(73,74)76-64-63-70(3,4)5)65-75-68(71)61-59-57-55-53-51-49-47-23-21-19-17-15-13-11-9-7-2/h8,10,14,16-17,19-20,22-23,25-26,47,67H,6-7,9,11-13,15,18,21,24,27-46,48-66H2,1-5H3/b10-8-,16-14-,19-17-,22-20-,26-25-,47-23-. The number of unbranched alkanes of at least 4 members (excludes halogenated alkanes) is 35. The molecule has 0 saturated carbocycles. The zero-order valence-corrected chi connectivity index (χ0v) is 53.2. The number of nitrogens with zero attached hydrogens (tertiary/aromatic N) is 1. The third-order valence-electron chi connectivity index (χ3n) is 14.5. The van der Waals surface area contributed by atoms with E-state index in [1.807, 2.05) is 21.1 Å². The lowest BCUT2D eigenvalue weighted by Crippen LogP contribution is -2.37. The summed E-state index contributed by atoms with van der Waals surface area (Å²) < 4.78 is 34.2. The van der Waals surface area contributed by atoms with Gasteiger partial charge in [0.1, 0.15) is 19.8 Å². The molecule has 0 heterocycles. The Bertz CT molecular complexity index is 1560. The molecule has 0 fully saturated rings. The molecule has 0 aliphatic heterocycles. The highest BCUT2D eigenvalue weighted by atomic mass is 31.2. The summed E-state index contributed by atoms with van der Waals surface area (Å²) in [6.07, 6.45) is 79.9. The van der Waals surface area contributed by atoms with Gasteiger partial charge in [-0.2, -0.15) is 0 Å². The molecule has 0 spiro atoms. The molecule has 2 atom stereocenters. The summed E-state index contributed by atoms with van der Waals surface area (Å²) in [6, 6.07) is 0. The first-order valence-electron chi connectivity index (χ1n) is 33.1. The smallest absolute Gasteiger partial charge is 0.306 e. The summed E-state index contributed by atoms with van der Waals surface area (Å²) >= 11 is 0. The fourth-order valence-corrected chi connectivity index (χ4v) is 10.1. The van der Waals surface area contributed by atoms with Crippen LogP contribution in [-0.4, -0.2) is 70.0 Å². The van der Waals surface area contributed by atoms with Crippen molar-refractivity contribution in [2.45, 2.75) is 309 Å². The number of esters is 2. The lowest BCUT2D eigenvalue weighted by atomic mass is 10.0. The van der Waals surface area contributed by atoms with E-state index in [9.17, 15) is 19.0 Å². The Kier molecular flexibility index (Phi) is 58.1. The minimum absolute atomic E-state index is 0.0330. The van der Waals surface area contributed by atoms with Crippen LogP contribution in [0.25, 0.3) is 0 Å². The predicted molar refractivity (Wildman–Crippen MR) is 337 cm³/mol. The topological polar surface area (TPSA) is 111 Å². The minimum Gasteiger partial charge on any atom is -0.756 e. The Balaban J connectivity index is 3.92. The van der Waals surface area contributed by atoms with Gasteiger partial charge in [0.25, 0.3) is 7.82 Å². The maximum Gasteiger partial charge on any atom is 0.306 e. The van der Waals surface area contributed by atoms with E-state index in [-0.39, 0.29) is 26.1 Å². The SMILES string of the molecule is CC/C=C\C/C=C\C/C=C\C/C=C\CCCCCCCCCCCCCCCCCCCCCCCCCCCCC(=O)OC(COC(=O)CCCCCCC/C=C\C/C=C\CCCCCC)COP(=O)([O-])OCC[N+](C)(C)C. The van der Waals surface area contributed by atoms with E-state index in [1.54, 1.807) is 0 Å². The van der Waals surface area contributed by atoms with E-state index < -0.39 is 32.5 Å². The number of quaternary nitrogens is 1. The zero-order valence-electron chi connectivity index (χ0n) is 52.3. The van der Waals surface area contributed by atoms with Crippen molar-refractivity contribution in [3.63, 3.8) is 0 Å². The lowest BCUT2D eigenvalue weighted by Gasteiger charge is -2.28. The van der Waals surface area contributed by atoms with Crippen LogP contribution >= 0.6 is 7.82 Å². The van der Waals surface area contributed by atoms with Gasteiger partial charge < -0.3 is 27.9 Å². The molecule has 0 bridgehead atoms. The van der Waals surface area contributed by atoms with Gasteiger partial charge in [-0.3, -0.25) is 14.2 Å². The van der Waals surface area contributed by atoms with E-state index in [1.165, 1.54) is 180 Å². The Labute approximate surface area is 489 Å². The number of phosphoric acid groups is 1. The van der Waals surface area contributed by atoms with Crippen LogP contribution in [0.1, 0.15) is 303 Å². The van der Waals surface area contributed by atoms with Gasteiger partial charge in [-0.25, -0.2) is 0 Å². The van der Waals surface area contributed by atoms with Gasteiger partial charge in [0.05, 0.1) is 27.7 Å². The molecule has 2 unspecified atom stereocenters. The largest absolute Gasteiger partial charge is 0.756 e. The minimum atomic E-state index is -4.64. The fourth-order valence-electron chi connectivity index (χ4n) is 9.39. The third kappa shape index (κ3) is 64.5. The van der Waals surface area contributed by atoms with Gasteiger partial charge in [0.2, 0.25) is 0 Å². The zero-order chi connectivity index (χ0) is 57.7. The van der Waals surface area contributed by atoms with Crippen molar-refractivity contribution in [2.24, 2.45) is 0 Å². The van der Waals surface area contributed by atoms with Crippen LogP contribution in [0.4, 0.5) is 0 Å². The summed E-state index contributed by atoms with van der Waals surface area (Å²) in [4.78, 5) is 37.9. The molecule has 0 radical (unpaired) electrons. The molecule has 0 aliphatic carbocycles. The molecular formula is C69H126NO8P. The average molecular weight is 1130 g/mol. The summed E-state index contributed by atoms with van der Waals surface area (Å²) in [7, 11) is 1.17. The first kappa shape index (κ1) is 76.5. The molecular weight excluding hydrogens is 1000 g/mol. The molecule has 0 aromatic carbocycles. The number of hydrogen-bond donors (Lipinski definition) is 0. The van der Waals surface area contributed by atoms with Crippen LogP contribution < -0.4 is 4.89 Å². The van der Waals surface area contributed by atoms with Crippen LogP contribution in [0.3, 0.4) is 0 Å². The molecule has 79 heavy (non-hydrogen) atoms. The van der Waals surface area contributed by atoms with Gasteiger partial charge >= 0.3 is 11.9 Å². The summed E-state index contributed by atoms with van der Waals surface area (Å²) in [5.74, 6) is -0.838. The number of phosphoric ester groups is 1. The number of rotatable bonds is 61. The van der Waals surface area contributed by atoms with Crippen LogP contribution in [0, 0.1) is 0 Å². The molecule has 0 aromatic heterocycles. The predicted octanol–water partition coefficient (Wildman–Crippen LogP) is 20.6. The highest BCUT2D eigenvalue weighted by molar-refractivity contribution is 7.45. The number of likely N-dealkylation sites (N-methyl/N-ethyl adjacent to an activating group) is 1. The van der Waals surface area contributed by atoms with Gasteiger partial charge in [0, 0.05) is 12.8 Å². The fraction of sp³-hybridized carbons (Fsp3) is 0.797. The second-order valence-corrected chi connectivity index (χ2v) is 24.9. The van der Waals surface area contributed by atoms with Crippen molar-refractivity contribution < 1.29 is 42.1 Å². The molecule has 0 N–H and O–H groups in total. The van der Waals surface area contributed by atoms with Crippen molar-refractivity contribution in [2.75, 3.05) is 47.5 Å². The first-order chi connectivity index (χ1) is 38.5. The normalized spacial score (nSPS) is 13.6. The Morgan fingerprint density at radius 1 is 0.405 bits per heavy atom. The van der Waals surface area contributed by atoms with Crippen molar-refractivity contribution in [3.05, 3.63) is 72.9 Å². The number of carbonyl (C=O) groups is 2. The van der Waals surface area contributed by atoms with Crippen LogP contribution in [-0.2, 0) is 32.7 Å². The maximum atomic E-state index is 12.8. The van der Waals surface area contributed by atoms with E-state index in [0.717, 1.165) is 83.5 Å². The number of allylic oxidation sites excluding steroid dienone is 12. The highest BCUT2D eigenvalue weighted by Crippen LogP contribution is 2.38. The second kappa shape index (κ2) is 60.1. The molecule has 10 heteroatoms. The van der Waals surface area contributed by atoms with Gasteiger partial charge in [0.15, 0.2) is 6.10 Å². The van der Waals surface area contributed by atoms with Crippen molar-refractivity contribution >= 4 is 19.8 Å². The van der Waals surface area contributed by atoms with Crippen molar-refractivity contribution in [3.8, 4) is 0 Å². The molecule has 0 amide bonds. The van der Waals surface area contributed by atoms with E-state index in [2.05, 4.69) is 86.8 Å². The molecule has 0 rings (SSSR count). The monoisotopic (exact) mass is 1130 g/mol. The summed E-state index contributed by atoms with van der Waals surface area (Å²) in [6.45, 7) is 4.12. The molecule has 0 aliphatic rings. The number of carbonyl (C=O) groups excluding carboxylic acids is 2. The number of hydrogen-bond acceptors (Lipinski definition) is 8. The Hall–Kier alpha value is -2.55. The van der Waals surface area contributed by atoms with E-state index in [0.29, 0.717) is 23.9 Å². The third-order valence-corrected chi connectivity index (χ3v) is 15.4. The summed E-state index contributed by atoms with van der Waals surface area (Å²) in [5.41, 5.74) is 0. The quantitative estimate of drug-likeness (QED) is 0.0195. The Morgan fingerprint density at radius 3 is 1.08 bits per heavy atom. The Morgan fingerprint density at radius 2 is 0.722 bits per heavy atom. The van der Waals surface area contributed by atoms with Crippen LogP contribution in [0.2, 0.25) is 0 Å². The van der Waals surface area contributed by atoms with Gasteiger partial charge in [-0.15, -0.1) is 0 Å². The van der Waals surface area contributed by atoms with E-state index in [4.69, 9.17) is 18.5 Å². The molecule has 0 aromatic rings. The lowest BCUT2D eigenvalue weighted by molar-refractivity contribution is -0.870. The van der Waals surface area contributed by atoms with Crippen LogP contribution in [0.15, 0.2) is 72.9 Å². The first-order valence-corrected chi connectivity index (χ1v) is 34.6. The molecule has 0 saturated heterocycles. The van der Waals surface area contributed by atoms with Crippen LogP contribution in [0.5, 0.6) is 0 Å². The van der Waals surface area contributed by atoms with Gasteiger partial charge in [-0.1, -0.05) is 279 Å². The summed E-state index contributed by atoms with van der Waals surface area (Å²) in [5, 5.41) is 0. The highest BCUT2D eigenvalue weighted by Gasteiger charge is 2.22. The van der Waals surface area contributed by atoms with Crippen molar-refractivity contribution in [1.82, 2.24) is 0 Å². The van der Waals surface area contributed by atoms with Gasteiger partial charge in [-0.05, 0) is 83.5 Å².